The highest BCUT2D eigenvalue weighted by molar-refractivity contribution is 7.92. The second-order valence-electron chi connectivity index (χ2n) is 5.51. The van der Waals surface area contributed by atoms with Crippen LogP contribution in [-0.2, 0) is 16.2 Å². The smallest absolute Gasteiger partial charge is 0.279 e. The van der Waals surface area contributed by atoms with Crippen molar-refractivity contribution in [3.63, 3.8) is 0 Å². The zero-order valence-electron chi connectivity index (χ0n) is 13.5. The molecular formula is C15H12F3N3O3S2. The van der Waals surface area contributed by atoms with Crippen molar-refractivity contribution in [1.29, 1.82) is 0 Å². The summed E-state index contributed by atoms with van der Waals surface area (Å²) in [5, 5.41) is 0. The lowest BCUT2D eigenvalue weighted by Gasteiger charge is -2.12. The van der Waals surface area contributed by atoms with Crippen LogP contribution in [0.15, 0.2) is 40.2 Å². The molecule has 1 aromatic carbocycles. The molecule has 2 heterocycles. The van der Waals surface area contributed by atoms with Crippen molar-refractivity contribution in [2.45, 2.75) is 24.9 Å². The van der Waals surface area contributed by atoms with Gasteiger partial charge in [-0.1, -0.05) is 6.07 Å². The summed E-state index contributed by atoms with van der Waals surface area (Å²) in [6, 6.07) is 3.72. The number of anilines is 1. The number of nitrogens with zero attached hydrogens (tertiary/aromatic N) is 2. The van der Waals surface area contributed by atoms with Crippen molar-refractivity contribution < 1.29 is 21.6 Å². The molecule has 0 saturated carbocycles. The standard InChI is InChI=1S/C15H12F3N3O3S2/c1-8-7-21-13(22)12(9(2)19-14(21)25-8)26(23,24)20-11-5-3-4-10(6-11)15(16,17)18/h3-7,20H,1-2H3. The number of nitrogens with one attached hydrogen (secondary N) is 1. The van der Waals surface area contributed by atoms with E-state index in [1.54, 1.807) is 6.92 Å². The molecule has 0 spiro atoms. The molecule has 2 aromatic heterocycles. The lowest BCUT2D eigenvalue weighted by Crippen LogP contribution is -2.27. The third-order valence-corrected chi connectivity index (χ3v) is 5.89. The van der Waals surface area contributed by atoms with Gasteiger partial charge < -0.3 is 0 Å². The largest absolute Gasteiger partial charge is 0.416 e. The number of hydrogen-bond donors (Lipinski definition) is 1. The van der Waals surface area contributed by atoms with Crippen molar-refractivity contribution in [3.05, 3.63) is 57.0 Å². The number of sulfonamides is 1. The van der Waals surface area contributed by atoms with E-state index in [9.17, 15) is 26.4 Å². The zero-order chi connectivity index (χ0) is 19.3. The van der Waals surface area contributed by atoms with Crippen LogP contribution in [0.25, 0.3) is 4.96 Å². The molecule has 0 aliphatic carbocycles. The molecule has 0 bridgehead atoms. The van der Waals surface area contributed by atoms with Crippen molar-refractivity contribution in [3.8, 4) is 0 Å². The SMILES string of the molecule is Cc1cn2c(=O)c(S(=O)(=O)Nc3cccc(C(F)(F)F)c3)c(C)nc2s1. The molecule has 0 radical (unpaired) electrons. The Bertz CT molecular complexity index is 1160. The Morgan fingerprint density at radius 2 is 1.92 bits per heavy atom. The minimum Gasteiger partial charge on any atom is -0.279 e. The van der Waals surface area contributed by atoms with Gasteiger partial charge in [0, 0.05) is 16.8 Å². The molecule has 0 fully saturated rings. The average Bonchev–Trinajstić information content (AvgIpc) is 2.86. The van der Waals surface area contributed by atoms with Crippen LogP contribution in [0.4, 0.5) is 18.9 Å². The van der Waals surface area contributed by atoms with Crippen LogP contribution in [0, 0.1) is 13.8 Å². The van der Waals surface area contributed by atoms with Crippen LogP contribution in [0.2, 0.25) is 0 Å². The predicted octanol–water partition coefficient (Wildman–Crippen LogP) is 3.19. The van der Waals surface area contributed by atoms with Gasteiger partial charge in [-0.3, -0.25) is 13.9 Å². The monoisotopic (exact) mass is 403 g/mol. The van der Waals surface area contributed by atoms with Crippen molar-refractivity contribution >= 4 is 32.0 Å². The van der Waals surface area contributed by atoms with E-state index in [-0.39, 0.29) is 11.4 Å². The number of aryl methyl sites for hydroxylation is 2. The van der Waals surface area contributed by atoms with Gasteiger partial charge in [0.2, 0.25) is 0 Å². The fraction of sp³-hybridized carbons (Fsp3) is 0.200. The van der Waals surface area contributed by atoms with Gasteiger partial charge in [0.05, 0.1) is 11.3 Å². The molecule has 6 nitrogen and oxygen atoms in total. The summed E-state index contributed by atoms with van der Waals surface area (Å²) in [5.74, 6) is 0. The molecule has 3 aromatic rings. The maximum atomic E-state index is 12.8. The molecule has 0 unspecified atom stereocenters. The predicted molar refractivity (Wildman–Crippen MR) is 91.1 cm³/mol. The Hall–Kier alpha value is -2.40. The number of hydrogen-bond acceptors (Lipinski definition) is 5. The number of benzene rings is 1. The first-order valence-corrected chi connectivity index (χ1v) is 9.48. The van der Waals surface area contributed by atoms with E-state index in [1.807, 2.05) is 4.72 Å². The van der Waals surface area contributed by atoms with E-state index in [2.05, 4.69) is 4.98 Å². The number of halogens is 3. The number of aromatic nitrogens is 2. The first kappa shape index (κ1) is 18.4. The Morgan fingerprint density at radius 1 is 1.23 bits per heavy atom. The van der Waals surface area contributed by atoms with E-state index < -0.39 is 32.2 Å². The molecule has 0 aliphatic rings. The minimum absolute atomic E-state index is 0.0312. The van der Waals surface area contributed by atoms with Crippen LogP contribution in [0.1, 0.15) is 16.1 Å². The molecule has 0 atom stereocenters. The Labute approximate surface area is 150 Å². The second-order valence-corrected chi connectivity index (χ2v) is 8.34. The van der Waals surface area contributed by atoms with E-state index in [0.717, 1.165) is 21.4 Å². The molecule has 26 heavy (non-hydrogen) atoms. The van der Waals surface area contributed by atoms with Gasteiger partial charge in [-0.2, -0.15) is 13.2 Å². The summed E-state index contributed by atoms with van der Waals surface area (Å²) in [7, 11) is -4.43. The van der Waals surface area contributed by atoms with Crippen LogP contribution < -0.4 is 10.3 Å². The maximum Gasteiger partial charge on any atom is 0.416 e. The van der Waals surface area contributed by atoms with E-state index in [0.29, 0.717) is 11.0 Å². The van der Waals surface area contributed by atoms with Crippen LogP contribution >= 0.6 is 11.3 Å². The van der Waals surface area contributed by atoms with Gasteiger partial charge >= 0.3 is 6.18 Å². The Balaban J connectivity index is 2.10. The molecule has 1 N–H and O–H groups in total. The van der Waals surface area contributed by atoms with Gasteiger partial charge in [0.15, 0.2) is 9.86 Å². The van der Waals surface area contributed by atoms with Crippen molar-refractivity contribution in [2.24, 2.45) is 0 Å². The van der Waals surface area contributed by atoms with E-state index >= 15 is 0 Å². The van der Waals surface area contributed by atoms with Crippen LogP contribution in [-0.4, -0.2) is 17.8 Å². The van der Waals surface area contributed by atoms with Gasteiger partial charge in [0.25, 0.3) is 15.6 Å². The van der Waals surface area contributed by atoms with Gasteiger partial charge in [0.1, 0.15) is 0 Å². The summed E-state index contributed by atoms with van der Waals surface area (Å²) in [4.78, 5) is 17.1. The van der Waals surface area contributed by atoms with E-state index in [1.165, 1.54) is 30.5 Å². The number of thiazole rings is 1. The van der Waals surface area contributed by atoms with Gasteiger partial charge in [-0.25, -0.2) is 13.4 Å². The lowest BCUT2D eigenvalue weighted by atomic mass is 10.2. The normalized spacial score (nSPS) is 12.5. The van der Waals surface area contributed by atoms with Gasteiger partial charge in [-0.05, 0) is 32.0 Å². The fourth-order valence-electron chi connectivity index (χ4n) is 2.41. The molecule has 0 aliphatic heterocycles. The highest BCUT2D eigenvalue weighted by atomic mass is 32.2. The summed E-state index contributed by atoms with van der Waals surface area (Å²) >= 11 is 1.22. The third kappa shape index (κ3) is 3.31. The Kier molecular flexibility index (Phi) is 4.31. The topological polar surface area (TPSA) is 80.5 Å². The molecule has 0 saturated heterocycles. The highest BCUT2D eigenvalue weighted by Crippen LogP contribution is 2.31. The third-order valence-electron chi connectivity index (χ3n) is 3.49. The minimum atomic E-state index is -4.62. The van der Waals surface area contributed by atoms with Crippen molar-refractivity contribution in [2.75, 3.05) is 4.72 Å². The summed E-state index contributed by atoms with van der Waals surface area (Å²) in [6.45, 7) is 3.10. The highest BCUT2D eigenvalue weighted by Gasteiger charge is 2.31. The van der Waals surface area contributed by atoms with E-state index in [4.69, 9.17) is 0 Å². The Morgan fingerprint density at radius 3 is 2.58 bits per heavy atom. The molecular weight excluding hydrogens is 391 g/mol. The molecule has 0 amide bonds. The molecule has 11 heteroatoms. The molecule has 3 rings (SSSR count). The summed E-state index contributed by atoms with van der Waals surface area (Å²) in [6.07, 6.45) is -3.16. The quantitative estimate of drug-likeness (QED) is 0.728. The number of rotatable bonds is 3. The van der Waals surface area contributed by atoms with Crippen LogP contribution in [0.3, 0.4) is 0 Å². The second kappa shape index (κ2) is 6.09. The summed E-state index contributed by atoms with van der Waals surface area (Å²) in [5.41, 5.74) is -2.15. The summed E-state index contributed by atoms with van der Waals surface area (Å²) < 4.78 is 66.7. The number of fused-ring (bicyclic) bond motifs is 1. The first-order chi connectivity index (χ1) is 12.0. The van der Waals surface area contributed by atoms with Gasteiger partial charge in [-0.15, -0.1) is 11.3 Å². The first-order valence-electron chi connectivity index (χ1n) is 7.18. The number of alkyl halides is 3. The lowest BCUT2D eigenvalue weighted by molar-refractivity contribution is -0.137. The molecule has 138 valence electrons. The zero-order valence-corrected chi connectivity index (χ0v) is 15.1. The fourth-order valence-corrected chi connectivity index (χ4v) is 4.58. The van der Waals surface area contributed by atoms with Crippen LogP contribution in [0.5, 0.6) is 0 Å². The van der Waals surface area contributed by atoms with Crippen molar-refractivity contribution in [1.82, 2.24) is 9.38 Å². The average molecular weight is 403 g/mol. The maximum absolute atomic E-state index is 12.8.